The largest absolute Gasteiger partial charge is 0.381 e. The zero-order valence-electron chi connectivity index (χ0n) is 15.1. The minimum atomic E-state index is -2.95. The standard InChI is InChI=1S/C16H33N3O4S/c1-3-17-16(19-9-13-24(20,21)4-2)18-8-5-10-23-14-15-6-11-22-12-7-15/h15H,3-14H2,1-2H3,(H2,17,18,19). The number of hydrogen-bond donors (Lipinski definition) is 2. The second kappa shape index (κ2) is 12.5. The van der Waals surface area contributed by atoms with Gasteiger partial charge in [0.25, 0.3) is 0 Å². The van der Waals surface area contributed by atoms with E-state index in [2.05, 4.69) is 15.6 Å². The zero-order valence-corrected chi connectivity index (χ0v) is 15.9. The van der Waals surface area contributed by atoms with Gasteiger partial charge < -0.3 is 20.1 Å². The van der Waals surface area contributed by atoms with Gasteiger partial charge in [0, 0.05) is 51.8 Å². The number of hydrogen-bond acceptors (Lipinski definition) is 5. The van der Waals surface area contributed by atoms with Crippen molar-refractivity contribution in [2.24, 2.45) is 10.9 Å². The first-order chi connectivity index (χ1) is 11.6. The molecule has 0 aliphatic carbocycles. The second-order valence-corrected chi connectivity index (χ2v) is 8.38. The van der Waals surface area contributed by atoms with Crippen LogP contribution in [0.5, 0.6) is 0 Å². The molecule has 0 unspecified atom stereocenters. The molecule has 0 aromatic heterocycles. The molecule has 24 heavy (non-hydrogen) atoms. The Kier molecular flexibility index (Phi) is 11.0. The van der Waals surface area contributed by atoms with Crippen LogP contribution in [0.2, 0.25) is 0 Å². The number of guanidine groups is 1. The molecule has 1 fully saturated rings. The average Bonchev–Trinajstić information content (AvgIpc) is 2.58. The molecule has 142 valence electrons. The molecule has 0 aromatic rings. The summed E-state index contributed by atoms with van der Waals surface area (Å²) in [5.41, 5.74) is 0. The lowest BCUT2D eigenvalue weighted by atomic mass is 10.0. The Labute approximate surface area is 146 Å². The number of sulfone groups is 1. The maximum atomic E-state index is 11.5. The van der Waals surface area contributed by atoms with Gasteiger partial charge in [0.05, 0.1) is 5.75 Å². The molecule has 0 atom stereocenters. The summed E-state index contributed by atoms with van der Waals surface area (Å²) in [5, 5.41) is 6.18. The lowest BCUT2D eigenvalue weighted by Crippen LogP contribution is -2.39. The molecule has 7 nitrogen and oxygen atoms in total. The molecule has 0 amide bonds. The number of nitrogens with zero attached hydrogens (tertiary/aromatic N) is 1. The molecule has 0 bridgehead atoms. The Bertz CT molecular complexity index is 448. The van der Waals surface area contributed by atoms with Crippen LogP contribution >= 0.6 is 0 Å². The maximum absolute atomic E-state index is 11.5. The molecule has 0 spiro atoms. The van der Waals surface area contributed by atoms with Crippen LogP contribution in [0.1, 0.15) is 33.1 Å². The monoisotopic (exact) mass is 363 g/mol. The van der Waals surface area contributed by atoms with Crippen molar-refractivity contribution in [1.82, 2.24) is 10.6 Å². The van der Waals surface area contributed by atoms with Crippen LogP contribution in [0.3, 0.4) is 0 Å². The minimum Gasteiger partial charge on any atom is -0.381 e. The van der Waals surface area contributed by atoms with E-state index in [1.165, 1.54) is 0 Å². The predicted octanol–water partition coefficient (Wildman–Crippen LogP) is 0.810. The van der Waals surface area contributed by atoms with Crippen LogP contribution in [-0.4, -0.2) is 71.9 Å². The molecule has 1 rings (SSSR count). The topological polar surface area (TPSA) is 89.0 Å². The molecule has 1 aliphatic heterocycles. The first kappa shape index (κ1) is 21.2. The molecule has 1 heterocycles. The Morgan fingerprint density at radius 2 is 2.00 bits per heavy atom. The highest BCUT2D eigenvalue weighted by atomic mass is 32.2. The van der Waals surface area contributed by atoms with Gasteiger partial charge in [-0.05, 0) is 32.1 Å². The third kappa shape index (κ3) is 10.1. The highest BCUT2D eigenvalue weighted by Gasteiger charge is 2.13. The van der Waals surface area contributed by atoms with Gasteiger partial charge in [0.2, 0.25) is 0 Å². The summed E-state index contributed by atoms with van der Waals surface area (Å²) < 4.78 is 34.0. The first-order valence-corrected chi connectivity index (χ1v) is 10.8. The van der Waals surface area contributed by atoms with E-state index in [1.54, 1.807) is 6.92 Å². The molecule has 2 N–H and O–H groups in total. The lowest BCUT2D eigenvalue weighted by molar-refractivity contribution is 0.0205. The van der Waals surface area contributed by atoms with Crippen molar-refractivity contribution in [2.75, 3.05) is 57.6 Å². The van der Waals surface area contributed by atoms with Gasteiger partial charge >= 0.3 is 0 Å². The van der Waals surface area contributed by atoms with Gasteiger partial charge in [-0.1, -0.05) is 6.92 Å². The zero-order chi connectivity index (χ0) is 17.7. The van der Waals surface area contributed by atoms with Crippen molar-refractivity contribution in [2.45, 2.75) is 33.1 Å². The van der Waals surface area contributed by atoms with Crippen molar-refractivity contribution in [3.63, 3.8) is 0 Å². The van der Waals surface area contributed by atoms with Crippen LogP contribution in [0.15, 0.2) is 4.99 Å². The summed E-state index contributed by atoms with van der Waals surface area (Å²) in [6.45, 7) is 8.63. The lowest BCUT2D eigenvalue weighted by Gasteiger charge is -2.21. The summed E-state index contributed by atoms with van der Waals surface area (Å²) in [6.07, 6.45) is 3.04. The van der Waals surface area contributed by atoms with Gasteiger partial charge in [0.15, 0.2) is 15.8 Å². The summed E-state index contributed by atoms with van der Waals surface area (Å²) in [4.78, 5) is 4.44. The number of rotatable bonds is 11. The summed E-state index contributed by atoms with van der Waals surface area (Å²) in [6, 6.07) is 0. The van der Waals surface area contributed by atoms with Crippen molar-refractivity contribution in [1.29, 1.82) is 0 Å². The highest BCUT2D eigenvalue weighted by Crippen LogP contribution is 2.14. The van der Waals surface area contributed by atoms with E-state index in [9.17, 15) is 8.42 Å². The van der Waals surface area contributed by atoms with E-state index in [1.807, 2.05) is 6.92 Å². The van der Waals surface area contributed by atoms with Crippen molar-refractivity contribution in [3.05, 3.63) is 0 Å². The van der Waals surface area contributed by atoms with Crippen molar-refractivity contribution in [3.8, 4) is 0 Å². The van der Waals surface area contributed by atoms with E-state index >= 15 is 0 Å². The molecular weight excluding hydrogens is 330 g/mol. The SMILES string of the molecule is CCNC(=NCCCOCC1CCOCC1)NCCS(=O)(=O)CC. The normalized spacial score (nSPS) is 17.0. The van der Waals surface area contributed by atoms with Crippen LogP contribution < -0.4 is 10.6 Å². The molecule has 8 heteroatoms. The number of ether oxygens (including phenoxy) is 2. The quantitative estimate of drug-likeness (QED) is 0.321. The van der Waals surface area contributed by atoms with Gasteiger partial charge in [0.1, 0.15) is 0 Å². The van der Waals surface area contributed by atoms with Crippen molar-refractivity contribution >= 4 is 15.8 Å². The van der Waals surface area contributed by atoms with E-state index in [0.29, 0.717) is 31.6 Å². The van der Waals surface area contributed by atoms with Crippen LogP contribution in [0.25, 0.3) is 0 Å². The molecule has 0 aromatic carbocycles. The third-order valence-corrected chi connectivity index (χ3v) is 5.61. The fourth-order valence-corrected chi connectivity index (χ4v) is 3.03. The highest BCUT2D eigenvalue weighted by molar-refractivity contribution is 7.91. The second-order valence-electron chi connectivity index (χ2n) is 5.91. The van der Waals surface area contributed by atoms with Crippen LogP contribution in [-0.2, 0) is 19.3 Å². The summed E-state index contributed by atoms with van der Waals surface area (Å²) in [5.74, 6) is 1.59. The summed E-state index contributed by atoms with van der Waals surface area (Å²) in [7, 11) is -2.95. The van der Waals surface area contributed by atoms with Gasteiger partial charge in [-0.15, -0.1) is 0 Å². The third-order valence-electron chi connectivity index (χ3n) is 3.90. The van der Waals surface area contributed by atoms with Gasteiger partial charge in [-0.25, -0.2) is 8.42 Å². The van der Waals surface area contributed by atoms with E-state index in [-0.39, 0.29) is 11.5 Å². The number of nitrogens with one attached hydrogen (secondary N) is 2. The Morgan fingerprint density at radius 3 is 2.67 bits per heavy atom. The van der Waals surface area contributed by atoms with Crippen LogP contribution in [0, 0.1) is 5.92 Å². The van der Waals surface area contributed by atoms with E-state index < -0.39 is 9.84 Å². The van der Waals surface area contributed by atoms with Gasteiger partial charge in [-0.3, -0.25) is 4.99 Å². The molecule has 1 aliphatic rings. The number of aliphatic imine (C=N–C) groups is 1. The predicted molar refractivity (Wildman–Crippen MR) is 97.3 cm³/mol. The van der Waals surface area contributed by atoms with E-state index in [0.717, 1.165) is 45.6 Å². The van der Waals surface area contributed by atoms with Crippen molar-refractivity contribution < 1.29 is 17.9 Å². The fourth-order valence-electron chi connectivity index (χ4n) is 2.33. The smallest absolute Gasteiger partial charge is 0.191 e. The minimum absolute atomic E-state index is 0.127. The Hall–Kier alpha value is -0.860. The molecule has 0 radical (unpaired) electrons. The van der Waals surface area contributed by atoms with Crippen LogP contribution in [0.4, 0.5) is 0 Å². The molecule has 0 saturated carbocycles. The Morgan fingerprint density at radius 1 is 1.25 bits per heavy atom. The van der Waals surface area contributed by atoms with E-state index in [4.69, 9.17) is 9.47 Å². The van der Waals surface area contributed by atoms with Gasteiger partial charge in [-0.2, -0.15) is 0 Å². The molecular formula is C16H33N3O4S. The fraction of sp³-hybridized carbons (Fsp3) is 0.938. The molecule has 1 saturated heterocycles. The maximum Gasteiger partial charge on any atom is 0.191 e. The Balaban J connectivity index is 2.15. The average molecular weight is 364 g/mol. The first-order valence-electron chi connectivity index (χ1n) is 8.95. The summed E-state index contributed by atoms with van der Waals surface area (Å²) >= 11 is 0.